The van der Waals surface area contributed by atoms with Gasteiger partial charge in [0.25, 0.3) is 0 Å². The van der Waals surface area contributed by atoms with E-state index in [9.17, 15) is 26.3 Å². The van der Waals surface area contributed by atoms with E-state index in [1.54, 1.807) is 0 Å². The summed E-state index contributed by atoms with van der Waals surface area (Å²) in [6.45, 7) is 0. The zero-order chi connectivity index (χ0) is 16.8. The third kappa shape index (κ3) is 2.86. The van der Waals surface area contributed by atoms with Gasteiger partial charge < -0.3 is 4.42 Å². The van der Waals surface area contributed by atoms with Crippen molar-refractivity contribution >= 4 is 11.1 Å². The normalized spacial score (nSPS) is 12.8. The maximum atomic E-state index is 13.0. The molecule has 0 fully saturated rings. The number of benzene rings is 1. The van der Waals surface area contributed by atoms with Gasteiger partial charge in [-0.05, 0) is 24.3 Å². The van der Waals surface area contributed by atoms with E-state index in [0.29, 0.717) is 6.20 Å². The quantitative estimate of drug-likeness (QED) is 0.593. The number of pyridine rings is 1. The van der Waals surface area contributed by atoms with Crippen LogP contribution in [-0.4, -0.2) is 9.97 Å². The molecule has 0 amide bonds. The molecule has 1 aromatic carbocycles. The molecule has 3 nitrogen and oxygen atoms in total. The van der Waals surface area contributed by atoms with Crippen LogP contribution < -0.4 is 0 Å². The van der Waals surface area contributed by atoms with Crippen molar-refractivity contribution in [3.8, 4) is 11.5 Å². The Balaban J connectivity index is 2.16. The number of oxazole rings is 1. The van der Waals surface area contributed by atoms with Crippen LogP contribution in [0.15, 0.2) is 41.1 Å². The lowest BCUT2D eigenvalue weighted by atomic mass is 10.1. The first-order valence-corrected chi connectivity index (χ1v) is 6.15. The van der Waals surface area contributed by atoms with Crippen LogP contribution in [0.4, 0.5) is 26.3 Å². The summed E-state index contributed by atoms with van der Waals surface area (Å²) in [5, 5.41) is 0. The standard InChI is InChI=1S/C14H6F6N2O/c15-13(16,17)7-1-2-11-10(5-7)22-12(23-11)8-3-4-21-6-9(8)14(18,19)20/h1-6H. The minimum Gasteiger partial charge on any atom is -0.436 e. The van der Waals surface area contributed by atoms with E-state index >= 15 is 0 Å². The van der Waals surface area contributed by atoms with Crippen LogP contribution in [0.25, 0.3) is 22.6 Å². The molecule has 0 aliphatic carbocycles. The maximum absolute atomic E-state index is 13.0. The van der Waals surface area contributed by atoms with Crippen molar-refractivity contribution in [2.24, 2.45) is 0 Å². The van der Waals surface area contributed by atoms with Gasteiger partial charge in [0.05, 0.1) is 16.7 Å². The molecule has 0 atom stereocenters. The van der Waals surface area contributed by atoms with Crippen LogP contribution in [0.1, 0.15) is 11.1 Å². The Morgan fingerprint density at radius 1 is 0.913 bits per heavy atom. The smallest absolute Gasteiger partial charge is 0.418 e. The number of hydrogen-bond donors (Lipinski definition) is 0. The van der Waals surface area contributed by atoms with E-state index in [-0.39, 0.29) is 11.1 Å². The molecule has 0 aliphatic heterocycles. The van der Waals surface area contributed by atoms with Gasteiger partial charge in [0.2, 0.25) is 5.89 Å². The Labute approximate surface area is 124 Å². The van der Waals surface area contributed by atoms with Crippen molar-refractivity contribution in [1.29, 1.82) is 0 Å². The third-order valence-corrected chi connectivity index (χ3v) is 3.07. The van der Waals surface area contributed by atoms with Crippen LogP contribution in [0.2, 0.25) is 0 Å². The van der Waals surface area contributed by atoms with Gasteiger partial charge in [0.15, 0.2) is 5.58 Å². The Hall–Kier alpha value is -2.58. The van der Waals surface area contributed by atoms with E-state index in [1.165, 1.54) is 0 Å². The van der Waals surface area contributed by atoms with E-state index < -0.39 is 34.9 Å². The fourth-order valence-electron chi connectivity index (χ4n) is 2.03. The lowest BCUT2D eigenvalue weighted by Gasteiger charge is -2.08. The minimum absolute atomic E-state index is 0.0436. The van der Waals surface area contributed by atoms with E-state index in [4.69, 9.17) is 4.42 Å². The second-order valence-electron chi connectivity index (χ2n) is 4.62. The molecule has 0 radical (unpaired) electrons. The Bertz CT molecular complexity index is 866. The zero-order valence-electron chi connectivity index (χ0n) is 11.0. The average molecular weight is 332 g/mol. The molecule has 2 heterocycles. The first-order chi connectivity index (χ1) is 10.7. The zero-order valence-corrected chi connectivity index (χ0v) is 11.0. The SMILES string of the molecule is FC(F)(F)c1ccc2oc(-c3ccncc3C(F)(F)F)nc2c1. The number of rotatable bonds is 1. The van der Waals surface area contributed by atoms with Crippen molar-refractivity contribution in [2.75, 3.05) is 0 Å². The predicted octanol–water partition coefficient (Wildman–Crippen LogP) is 4.93. The van der Waals surface area contributed by atoms with Crippen molar-refractivity contribution in [3.05, 3.63) is 47.8 Å². The van der Waals surface area contributed by atoms with Crippen LogP contribution in [-0.2, 0) is 12.4 Å². The van der Waals surface area contributed by atoms with Gasteiger partial charge in [0, 0.05) is 12.4 Å². The Kier molecular flexibility index (Phi) is 3.31. The molecule has 0 unspecified atom stereocenters. The van der Waals surface area contributed by atoms with Gasteiger partial charge in [-0.2, -0.15) is 26.3 Å². The van der Waals surface area contributed by atoms with E-state index in [0.717, 1.165) is 30.5 Å². The summed E-state index contributed by atoms with van der Waals surface area (Å²) in [7, 11) is 0. The lowest BCUT2D eigenvalue weighted by Crippen LogP contribution is -2.07. The predicted molar refractivity (Wildman–Crippen MR) is 67.2 cm³/mol. The molecular weight excluding hydrogens is 326 g/mol. The van der Waals surface area contributed by atoms with Crippen LogP contribution in [0, 0.1) is 0 Å². The first kappa shape index (κ1) is 15.3. The number of alkyl halides is 6. The van der Waals surface area contributed by atoms with E-state index in [2.05, 4.69) is 9.97 Å². The molecule has 9 heteroatoms. The second kappa shape index (κ2) is 4.97. The molecule has 0 spiro atoms. The molecule has 0 N–H and O–H groups in total. The monoisotopic (exact) mass is 332 g/mol. The molecule has 120 valence electrons. The third-order valence-electron chi connectivity index (χ3n) is 3.07. The fourth-order valence-corrected chi connectivity index (χ4v) is 2.03. The summed E-state index contributed by atoms with van der Waals surface area (Å²) in [4.78, 5) is 7.14. The lowest BCUT2D eigenvalue weighted by molar-refractivity contribution is -0.138. The fraction of sp³-hybridized carbons (Fsp3) is 0.143. The minimum atomic E-state index is -4.69. The molecule has 2 aromatic heterocycles. The number of halogens is 6. The first-order valence-electron chi connectivity index (χ1n) is 6.15. The molecular formula is C14H6F6N2O. The summed E-state index contributed by atoms with van der Waals surface area (Å²) in [5.41, 5.74) is -2.66. The van der Waals surface area contributed by atoms with Gasteiger partial charge in [-0.3, -0.25) is 4.98 Å². The van der Waals surface area contributed by atoms with Gasteiger partial charge in [0.1, 0.15) is 5.52 Å². The van der Waals surface area contributed by atoms with Crippen molar-refractivity contribution in [3.63, 3.8) is 0 Å². The van der Waals surface area contributed by atoms with Gasteiger partial charge in [-0.1, -0.05) is 0 Å². The Morgan fingerprint density at radius 2 is 1.65 bits per heavy atom. The molecule has 23 heavy (non-hydrogen) atoms. The van der Waals surface area contributed by atoms with Crippen LogP contribution >= 0.6 is 0 Å². The van der Waals surface area contributed by atoms with Gasteiger partial charge >= 0.3 is 12.4 Å². The van der Waals surface area contributed by atoms with Gasteiger partial charge in [-0.25, -0.2) is 4.98 Å². The van der Waals surface area contributed by atoms with Crippen molar-refractivity contribution < 1.29 is 30.8 Å². The highest BCUT2D eigenvalue weighted by Gasteiger charge is 2.35. The Morgan fingerprint density at radius 3 is 2.30 bits per heavy atom. The summed E-state index contributed by atoms with van der Waals surface area (Å²) in [6.07, 6.45) is -7.56. The summed E-state index contributed by atoms with van der Waals surface area (Å²) in [6, 6.07) is 3.55. The number of aromatic nitrogens is 2. The highest BCUT2D eigenvalue weighted by molar-refractivity contribution is 5.77. The van der Waals surface area contributed by atoms with E-state index in [1.807, 2.05) is 0 Å². The number of nitrogens with zero attached hydrogens (tertiary/aromatic N) is 2. The van der Waals surface area contributed by atoms with Crippen LogP contribution in [0.5, 0.6) is 0 Å². The van der Waals surface area contributed by atoms with Crippen molar-refractivity contribution in [1.82, 2.24) is 9.97 Å². The van der Waals surface area contributed by atoms with Gasteiger partial charge in [-0.15, -0.1) is 0 Å². The average Bonchev–Trinajstić information content (AvgIpc) is 2.88. The molecule has 0 aliphatic rings. The molecule has 0 saturated heterocycles. The number of fused-ring (bicyclic) bond motifs is 1. The number of hydrogen-bond acceptors (Lipinski definition) is 3. The highest BCUT2D eigenvalue weighted by Crippen LogP contribution is 2.38. The molecule has 3 rings (SSSR count). The molecule has 0 saturated carbocycles. The highest BCUT2D eigenvalue weighted by atomic mass is 19.4. The molecule has 3 aromatic rings. The topological polar surface area (TPSA) is 38.9 Å². The summed E-state index contributed by atoms with van der Waals surface area (Å²) < 4.78 is 82.0. The van der Waals surface area contributed by atoms with Crippen LogP contribution in [0.3, 0.4) is 0 Å². The largest absolute Gasteiger partial charge is 0.436 e. The summed E-state index contributed by atoms with van der Waals surface area (Å²) >= 11 is 0. The maximum Gasteiger partial charge on any atom is 0.418 e. The molecule has 0 bridgehead atoms. The second-order valence-corrected chi connectivity index (χ2v) is 4.62. The summed E-state index contributed by atoms with van der Waals surface area (Å²) in [5.74, 6) is -0.422. The van der Waals surface area contributed by atoms with Crippen molar-refractivity contribution in [2.45, 2.75) is 12.4 Å².